The van der Waals surface area contributed by atoms with Gasteiger partial charge < -0.3 is 0 Å². The normalized spacial score (nSPS) is 22.5. The molecule has 0 N–H and O–H groups in total. The maximum atomic E-state index is 4.31. The highest BCUT2D eigenvalue weighted by Gasteiger charge is 2.13. The molecular formula is C11H22S. The zero-order chi connectivity index (χ0) is 8.81. The zero-order valence-corrected chi connectivity index (χ0v) is 9.15. The van der Waals surface area contributed by atoms with Crippen molar-refractivity contribution >= 4 is 12.6 Å². The average Bonchev–Trinajstić information content (AvgIpc) is 2.16. The fourth-order valence-electron chi connectivity index (χ4n) is 2.09. The van der Waals surface area contributed by atoms with Crippen LogP contribution in [-0.4, -0.2) is 5.75 Å². The zero-order valence-electron chi connectivity index (χ0n) is 8.26. The highest BCUT2D eigenvalue weighted by molar-refractivity contribution is 7.80. The maximum absolute atomic E-state index is 4.31. The van der Waals surface area contributed by atoms with Crippen molar-refractivity contribution < 1.29 is 0 Å². The number of thiol groups is 1. The molecule has 12 heavy (non-hydrogen) atoms. The van der Waals surface area contributed by atoms with Crippen LogP contribution in [0.15, 0.2) is 0 Å². The smallest absolute Gasteiger partial charge is 0.00721 e. The first-order valence-corrected chi connectivity index (χ1v) is 6.07. The van der Waals surface area contributed by atoms with Gasteiger partial charge in [0, 0.05) is 0 Å². The van der Waals surface area contributed by atoms with Crippen molar-refractivity contribution in [1.29, 1.82) is 0 Å². The predicted molar refractivity (Wildman–Crippen MR) is 58.8 cm³/mol. The molecule has 1 rings (SSSR count). The van der Waals surface area contributed by atoms with Crippen LogP contribution >= 0.6 is 12.6 Å². The molecule has 0 bridgehead atoms. The van der Waals surface area contributed by atoms with Crippen molar-refractivity contribution in [1.82, 2.24) is 0 Å². The Morgan fingerprint density at radius 1 is 1.25 bits per heavy atom. The monoisotopic (exact) mass is 186 g/mol. The van der Waals surface area contributed by atoms with Crippen LogP contribution in [0.5, 0.6) is 0 Å². The first-order valence-electron chi connectivity index (χ1n) is 5.43. The van der Waals surface area contributed by atoms with Crippen LogP contribution in [0.4, 0.5) is 0 Å². The molecule has 0 aromatic rings. The summed E-state index contributed by atoms with van der Waals surface area (Å²) in [6.45, 7) is 2.32. The summed E-state index contributed by atoms with van der Waals surface area (Å²) in [6.07, 6.45) is 10.3. The van der Waals surface area contributed by atoms with Crippen LogP contribution in [0.3, 0.4) is 0 Å². The van der Waals surface area contributed by atoms with Gasteiger partial charge >= 0.3 is 0 Å². The molecule has 0 radical (unpaired) electrons. The van der Waals surface area contributed by atoms with Crippen LogP contribution in [0, 0.1) is 11.8 Å². The third kappa shape index (κ3) is 3.84. The van der Waals surface area contributed by atoms with Crippen molar-refractivity contribution in [3.8, 4) is 0 Å². The van der Waals surface area contributed by atoms with Gasteiger partial charge in [0.1, 0.15) is 0 Å². The second-order valence-electron chi connectivity index (χ2n) is 4.37. The van der Waals surface area contributed by atoms with Gasteiger partial charge in [0.25, 0.3) is 0 Å². The Kier molecular flexibility index (Phi) is 5.13. The Morgan fingerprint density at radius 2 is 1.92 bits per heavy atom. The molecule has 0 aromatic carbocycles. The van der Waals surface area contributed by atoms with Crippen LogP contribution in [0.25, 0.3) is 0 Å². The summed E-state index contributed by atoms with van der Waals surface area (Å²) in [5.74, 6) is 2.95. The van der Waals surface area contributed by atoms with Crippen LogP contribution in [0.1, 0.15) is 51.9 Å². The molecule has 0 amide bonds. The lowest BCUT2D eigenvalue weighted by molar-refractivity contribution is 0.318. The third-order valence-electron chi connectivity index (χ3n) is 3.10. The molecule has 0 aliphatic heterocycles. The molecular weight excluding hydrogens is 164 g/mol. The fraction of sp³-hybridized carbons (Fsp3) is 1.00. The van der Waals surface area contributed by atoms with E-state index >= 15 is 0 Å². The second-order valence-corrected chi connectivity index (χ2v) is 4.73. The molecule has 0 aromatic heterocycles. The topological polar surface area (TPSA) is 0 Å². The number of rotatable bonds is 4. The van der Waals surface area contributed by atoms with Crippen molar-refractivity contribution in [3.63, 3.8) is 0 Å². The lowest BCUT2D eigenvalue weighted by Gasteiger charge is -2.22. The molecule has 1 fully saturated rings. The van der Waals surface area contributed by atoms with Gasteiger partial charge in [-0.25, -0.2) is 0 Å². The van der Waals surface area contributed by atoms with E-state index in [9.17, 15) is 0 Å². The van der Waals surface area contributed by atoms with Crippen molar-refractivity contribution in [2.24, 2.45) is 11.8 Å². The highest BCUT2D eigenvalue weighted by Crippen LogP contribution is 2.28. The maximum Gasteiger partial charge on any atom is -0.00721 e. The molecule has 0 saturated heterocycles. The molecule has 0 spiro atoms. The van der Waals surface area contributed by atoms with Crippen LogP contribution in [-0.2, 0) is 0 Å². The number of hydrogen-bond donors (Lipinski definition) is 1. The van der Waals surface area contributed by atoms with Crippen molar-refractivity contribution in [3.05, 3.63) is 0 Å². The summed E-state index contributed by atoms with van der Waals surface area (Å²) in [6, 6.07) is 0. The van der Waals surface area contributed by atoms with E-state index in [-0.39, 0.29) is 0 Å². The summed E-state index contributed by atoms with van der Waals surface area (Å²) >= 11 is 4.31. The molecule has 1 aliphatic rings. The SMILES string of the molecule is CC(CS)CCC1CCCCC1. The van der Waals surface area contributed by atoms with E-state index in [0.29, 0.717) is 0 Å². The van der Waals surface area contributed by atoms with Gasteiger partial charge in [-0.1, -0.05) is 45.4 Å². The fourth-order valence-corrected chi connectivity index (χ4v) is 2.27. The summed E-state index contributed by atoms with van der Waals surface area (Å²) in [5, 5.41) is 0. The third-order valence-corrected chi connectivity index (χ3v) is 3.73. The van der Waals surface area contributed by atoms with E-state index in [1.165, 1.54) is 44.9 Å². The Morgan fingerprint density at radius 3 is 2.50 bits per heavy atom. The molecule has 72 valence electrons. The van der Waals surface area contributed by atoms with Crippen molar-refractivity contribution in [2.45, 2.75) is 51.9 Å². The van der Waals surface area contributed by atoms with E-state index in [1.54, 1.807) is 0 Å². The van der Waals surface area contributed by atoms with Gasteiger partial charge in [-0.3, -0.25) is 0 Å². The van der Waals surface area contributed by atoms with E-state index < -0.39 is 0 Å². The van der Waals surface area contributed by atoms with Crippen LogP contribution in [0.2, 0.25) is 0 Å². The second kappa shape index (κ2) is 5.90. The average molecular weight is 186 g/mol. The van der Waals surface area contributed by atoms with E-state index in [1.807, 2.05) is 0 Å². The Bertz CT molecular complexity index is 106. The molecule has 1 unspecified atom stereocenters. The Labute approximate surface area is 82.5 Å². The molecule has 1 atom stereocenters. The predicted octanol–water partition coefficient (Wildman–Crippen LogP) is 3.91. The van der Waals surface area contributed by atoms with Crippen molar-refractivity contribution in [2.75, 3.05) is 5.75 Å². The van der Waals surface area contributed by atoms with E-state index in [0.717, 1.165) is 17.6 Å². The molecule has 1 heteroatoms. The van der Waals surface area contributed by atoms with Gasteiger partial charge in [0.2, 0.25) is 0 Å². The Hall–Kier alpha value is 0.350. The first kappa shape index (κ1) is 10.4. The minimum Gasteiger partial charge on any atom is -0.179 e. The minimum atomic E-state index is 0.829. The largest absolute Gasteiger partial charge is 0.179 e. The molecule has 1 saturated carbocycles. The lowest BCUT2D eigenvalue weighted by atomic mass is 9.85. The number of hydrogen-bond acceptors (Lipinski definition) is 1. The van der Waals surface area contributed by atoms with Gasteiger partial charge in [0.05, 0.1) is 0 Å². The van der Waals surface area contributed by atoms with Crippen LogP contribution < -0.4 is 0 Å². The first-order chi connectivity index (χ1) is 5.83. The summed E-state index contributed by atoms with van der Waals surface area (Å²) in [7, 11) is 0. The highest BCUT2D eigenvalue weighted by atomic mass is 32.1. The summed E-state index contributed by atoms with van der Waals surface area (Å²) in [5.41, 5.74) is 0. The van der Waals surface area contributed by atoms with E-state index in [4.69, 9.17) is 0 Å². The molecule has 0 nitrogen and oxygen atoms in total. The summed E-state index contributed by atoms with van der Waals surface area (Å²) < 4.78 is 0. The Balaban J connectivity index is 2.05. The quantitative estimate of drug-likeness (QED) is 0.632. The summed E-state index contributed by atoms with van der Waals surface area (Å²) in [4.78, 5) is 0. The van der Waals surface area contributed by atoms with Gasteiger partial charge in [0.15, 0.2) is 0 Å². The van der Waals surface area contributed by atoms with Gasteiger partial charge in [-0.15, -0.1) is 0 Å². The van der Waals surface area contributed by atoms with Gasteiger partial charge in [-0.05, 0) is 24.0 Å². The molecule has 1 aliphatic carbocycles. The van der Waals surface area contributed by atoms with Gasteiger partial charge in [-0.2, -0.15) is 12.6 Å². The molecule has 0 heterocycles. The standard InChI is InChI=1S/C11H22S/c1-10(9-12)7-8-11-5-3-2-4-6-11/h10-12H,2-9H2,1H3. The minimum absolute atomic E-state index is 0.829. The van der Waals surface area contributed by atoms with E-state index in [2.05, 4.69) is 19.6 Å². The lowest BCUT2D eigenvalue weighted by Crippen LogP contribution is -2.08.